The molecule has 4 aromatic carbocycles. The van der Waals surface area contributed by atoms with Gasteiger partial charge < -0.3 is 16.0 Å². The molecule has 226 valence electrons. The molecule has 3 amide bonds. The minimum atomic E-state index is -0.484. The number of para-hydroxylation sites is 1. The first-order valence-electron chi connectivity index (χ1n) is 14.1. The van der Waals surface area contributed by atoms with E-state index in [0.29, 0.717) is 22.6 Å². The molecule has 10 heteroatoms. The molecule has 0 bridgehead atoms. The van der Waals surface area contributed by atoms with E-state index in [-0.39, 0.29) is 28.6 Å². The number of carbonyl (C=O) groups is 3. The molecule has 45 heavy (non-hydrogen) atoms. The molecule has 5 rings (SSSR count). The molecule has 1 heterocycles. The summed E-state index contributed by atoms with van der Waals surface area (Å²) >= 11 is 1.30. The number of hydrogen-bond acceptors (Lipinski definition) is 5. The van der Waals surface area contributed by atoms with Gasteiger partial charge in [0.05, 0.1) is 17.1 Å². The number of hydrogen-bond donors (Lipinski definition) is 3. The van der Waals surface area contributed by atoms with E-state index in [9.17, 15) is 19.2 Å². The van der Waals surface area contributed by atoms with Gasteiger partial charge >= 0.3 is 0 Å². The fourth-order valence-corrected chi connectivity index (χ4v) is 5.23. The summed E-state index contributed by atoms with van der Waals surface area (Å²) < 4.78 is 3.22. The van der Waals surface area contributed by atoms with Crippen molar-refractivity contribution in [2.75, 3.05) is 16.4 Å². The molecular weight excluding hydrogens is 586 g/mol. The predicted molar refractivity (Wildman–Crippen MR) is 178 cm³/mol. The first kappa shape index (κ1) is 30.8. The maximum Gasteiger partial charge on any atom is 0.295 e. The molecule has 0 saturated carbocycles. The molecule has 0 spiro atoms. The third-order valence-corrected chi connectivity index (χ3v) is 7.95. The van der Waals surface area contributed by atoms with E-state index < -0.39 is 11.8 Å². The van der Waals surface area contributed by atoms with Gasteiger partial charge in [0.2, 0.25) is 5.91 Å². The highest BCUT2D eigenvalue weighted by molar-refractivity contribution is 8.00. The fraction of sp³-hybridized carbons (Fsp3) is 0.0857. The quantitative estimate of drug-likeness (QED) is 0.139. The van der Waals surface area contributed by atoms with E-state index in [0.717, 1.165) is 10.5 Å². The topological polar surface area (TPSA) is 114 Å². The van der Waals surface area contributed by atoms with Gasteiger partial charge in [0.25, 0.3) is 17.4 Å². The van der Waals surface area contributed by atoms with E-state index in [1.54, 1.807) is 73.3 Å². The summed E-state index contributed by atoms with van der Waals surface area (Å²) in [5, 5.41) is 8.32. The Bertz CT molecular complexity index is 1900. The van der Waals surface area contributed by atoms with Crippen molar-refractivity contribution in [2.24, 2.45) is 7.05 Å². The lowest BCUT2D eigenvalue weighted by atomic mass is 10.1. The number of thioether (sulfide) groups is 1. The second-order valence-electron chi connectivity index (χ2n) is 10.0. The van der Waals surface area contributed by atoms with Gasteiger partial charge in [0.1, 0.15) is 11.4 Å². The third-order valence-electron chi connectivity index (χ3n) is 6.94. The summed E-state index contributed by atoms with van der Waals surface area (Å²) in [6.45, 7) is 1.78. The molecule has 3 N–H and O–H groups in total. The van der Waals surface area contributed by atoms with Gasteiger partial charge in [-0.2, -0.15) is 0 Å². The first-order valence-corrected chi connectivity index (χ1v) is 15.1. The summed E-state index contributed by atoms with van der Waals surface area (Å²) in [5.74, 6) is -1.11. The highest BCUT2D eigenvalue weighted by Gasteiger charge is 2.19. The van der Waals surface area contributed by atoms with Crippen LogP contribution in [0.1, 0.15) is 21.6 Å². The van der Waals surface area contributed by atoms with Crippen molar-refractivity contribution in [3.63, 3.8) is 0 Å². The van der Waals surface area contributed by atoms with E-state index in [4.69, 9.17) is 0 Å². The second kappa shape index (κ2) is 14.2. The van der Waals surface area contributed by atoms with E-state index in [2.05, 4.69) is 16.0 Å². The summed E-state index contributed by atoms with van der Waals surface area (Å²) in [7, 11) is 1.77. The second-order valence-corrected chi connectivity index (χ2v) is 11.1. The number of carbonyl (C=O) groups excluding carboxylic acids is 3. The lowest BCUT2D eigenvalue weighted by Gasteiger charge is -2.12. The van der Waals surface area contributed by atoms with Crippen LogP contribution < -0.4 is 21.5 Å². The molecule has 0 aliphatic carbocycles. The van der Waals surface area contributed by atoms with Gasteiger partial charge in [-0.3, -0.25) is 23.9 Å². The maximum atomic E-state index is 13.2. The Labute approximate surface area is 264 Å². The van der Waals surface area contributed by atoms with Crippen LogP contribution in [0.2, 0.25) is 0 Å². The zero-order valence-corrected chi connectivity index (χ0v) is 25.5. The van der Waals surface area contributed by atoms with Crippen molar-refractivity contribution in [1.29, 1.82) is 0 Å². The minimum Gasteiger partial charge on any atom is -0.321 e. The SMILES string of the molecule is Cc1c(NC(=O)CSc2ccc(NC(=O)/C(=C/c3ccccc3)NC(=O)c3ccccc3)cc2)c(=O)n(-c2ccccc2)n1C. The van der Waals surface area contributed by atoms with Crippen LogP contribution in [-0.2, 0) is 16.6 Å². The van der Waals surface area contributed by atoms with Crippen LogP contribution in [0.3, 0.4) is 0 Å². The van der Waals surface area contributed by atoms with Gasteiger partial charge in [-0.1, -0.05) is 66.7 Å². The lowest BCUT2D eigenvalue weighted by Crippen LogP contribution is -2.30. The van der Waals surface area contributed by atoms with Crippen LogP contribution in [-0.4, -0.2) is 32.8 Å². The number of anilines is 2. The molecule has 0 unspecified atom stereocenters. The summed E-state index contributed by atoms with van der Waals surface area (Å²) in [6, 6.07) is 34.1. The molecule has 0 aliphatic heterocycles. The van der Waals surface area contributed by atoms with Crippen molar-refractivity contribution >= 4 is 46.9 Å². The van der Waals surface area contributed by atoms with Gasteiger partial charge in [-0.15, -0.1) is 11.8 Å². The molecule has 1 aromatic heterocycles. The molecule has 9 nitrogen and oxygen atoms in total. The van der Waals surface area contributed by atoms with Crippen molar-refractivity contribution in [3.05, 3.63) is 148 Å². The van der Waals surface area contributed by atoms with Crippen molar-refractivity contribution in [3.8, 4) is 5.69 Å². The van der Waals surface area contributed by atoms with Crippen LogP contribution in [0, 0.1) is 6.92 Å². The Morgan fingerprint density at radius 1 is 0.778 bits per heavy atom. The summed E-state index contributed by atoms with van der Waals surface area (Å²) in [4.78, 5) is 52.7. The molecule has 5 aromatic rings. The van der Waals surface area contributed by atoms with E-state index >= 15 is 0 Å². The molecule has 0 fully saturated rings. The molecule has 0 saturated heterocycles. The number of amides is 3. The minimum absolute atomic E-state index is 0.0836. The van der Waals surface area contributed by atoms with Gasteiger partial charge in [0.15, 0.2) is 0 Å². The van der Waals surface area contributed by atoms with Gasteiger partial charge in [-0.05, 0) is 67.1 Å². The van der Waals surface area contributed by atoms with E-state index in [1.807, 2.05) is 66.7 Å². The zero-order valence-electron chi connectivity index (χ0n) is 24.7. The number of benzene rings is 4. The normalized spacial score (nSPS) is 11.1. The van der Waals surface area contributed by atoms with Crippen LogP contribution in [0.15, 0.2) is 131 Å². The Kier molecular flexibility index (Phi) is 9.76. The highest BCUT2D eigenvalue weighted by atomic mass is 32.2. The monoisotopic (exact) mass is 617 g/mol. The zero-order chi connectivity index (χ0) is 31.8. The Balaban J connectivity index is 1.21. The molecule has 0 aliphatic rings. The van der Waals surface area contributed by atoms with Crippen molar-refractivity contribution in [2.45, 2.75) is 11.8 Å². The van der Waals surface area contributed by atoms with Crippen LogP contribution in [0.25, 0.3) is 11.8 Å². The summed E-state index contributed by atoms with van der Waals surface area (Å²) in [5.41, 5.74) is 3.07. The Morgan fingerprint density at radius 2 is 1.38 bits per heavy atom. The standard InChI is InChI=1S/C35H31N5O4S/c1-24-32(35(44)40(39(24)2)28-16-10-5-11-17-28)38-31(41)23-45-29-20-18-27(19-21-29)36-34(43)30(22-25-12-6-3-7-13-25)37-33(42)26-14-8-4-9-15-26/h3-22H,23H2,1-2H3,(H,36,43)(H,37,42)(H,38,41)/b30-22-. The highest BCUT2D eigenvalue weighted by Crippen LogP contribution is 2.22. The smallest absolute Gasteiger partial charge is 0.295 e. The van der Waals surface area contributed by atoms with Crippen LogP contribution in [0.4, 0.5) is 11.4 Å². The largest absolute Gasteiger partial charge is 0.321 e. The lowest BCUT2D eigenvalue weighted by molar-refractivity contribution is -0.114. The number of nitrogens with one attached hydrogen (secondary N) is 3. The predicted octanol–water partition coefficient (Wildman–Crippen LogP) is 5.62. The average molecular weight is 618 g/mol. The van der Waals surface area contributed by atoms with Crippen LogP contribution in [0.5, 0.6) is 0 Å². The average Bonchev–Trinajstić information content (AvgIpc) is 3.27. The molecule has 0 atom stereocenters. The fourth-order valence-electron chi connectivity index (χ4n) is 4.53. The van der Waals surface area contributed by atoms with Gasteiger partial charge in [-0.25, -0.2) is 4.68 Å². The molecular formula is C35H31N5O4S. The molecule has 0 radical (unpaired) electrons. The maximum absolute atomic E-state index is 13.2. The third kappa shape index (κ3) is 7.67. The van der Waals surface area contributed by atoms with Crippen molar-refractivity contribution in [1.82, 2.24) is 14.7 Å². The number of aromatic nitrogens is 2. The number of rotatable bonds is 10. The van der Waals surface area contributed by atoms with Crippen molar-refractivity contribution < 1.29 is 14.4 Å². The Morgan fingerprint density at radius 3 is 2.02 bits per heavy atom. The Hall–Kier alpha value is -5.61. The van der Waals surface area contributed by atoms with Gasteiger partial charge in [0, 0.05) is 23.2 Å². The van der Waals surface area contributed by atoms with E-state index in [1.165, 1.54) is 16.4 Å². The summed E-state index contributed by atoms with van der Waals surface area (Å²) in [6.07, 6.45) is 1.61. The van der Waals surface area contributed by atoms with Crippen LogP contribution >= 0.6 is 11.8 Å². The number of nitrogens with zero attached hydrogens (tertiary/aromatic N) is 2. The first-order chi connectivity index (χ1) is 21.8.